The van der Waals surface area contributed by atoms with Gasteiger partial charge in [0.2, 0.25) is 0 Å². The Bertz CT molecular complexity index is 1610. The lowest BCUT2D eigenvalue weighted by atomic mass is 9.81. The molecule has 1 saturated carbocycles. The highest BCUT2D eigenvalue weighted by molar-refractivity contribution is 5.88. The van der Waals surface area contributed by atoms with Crippen LogP contribution in [-0.2, 0) is 0 Å². The van der Waals surface area contributed by atoms with Crippen molar-refractivity contribution in [1.29, 1.82) is 0 Å². The summed E-state index contributed by atoms with van der Waals surface area (Å²) in [4.78, 5) is 17.1. The summed E-state index contributed by atoms with van der Waals surface area (Å²) in [6, 6.07) is 19.1. The smallest absolute Gasteiger partial charge is 0.124 e. The van der Waals surface area contributed by atoms with Crippen LogP contribution in [0.3, 0.4) is 0 Å². The molecule has 3 fully saturated rings. The number of aromatic nitrogens is 4. The standard InChI is InChI=1S/C33H34N6/c1-3-26(34-13-1)32-36-24-11-7-18(16-28(24)38-32)22-9-10-23(31-21-6-5-20(15-21)30(22)31)19-8-12-25-29(17-19)39-33(37-25)27-4-2-14-35-27/h7-12,16-17,20-21,26-27,34-35H,1-6,13-15H2,(H,36,38)(H,37,39). The van der Waals surface area contributed by atoms with Crippen molar-refractivity contribution in [1.82, 2.24) is 30.6 Å². The van der Waals surface area contributed by atoms with Crippen LogP contribution in [0.25, 0.3) is 44.3 Å². The number of aromatic amines is 2. The molecule has 6 nitrogen and oxygen atoms in total. The summed E-state index contributed by atoms with van der Waals surface area (Å²) in [5, 5.41) is 7.16. The Labute approximate surface area is 228 Å². The molecule has 196 valence electrons. The quantitative estimate of drug-likeness (QED) is 0.208. The Balaban J connectivity index is 1.13. The van der Waals surface area contributed by atoms with Gasteiger partial charge in [-0.15, -0.1) is 0 Å². The predicted molar refractivity (Wildman–Crippen MR) is 156 cm³/mol. The predicted octanol–water partition coefficient (Wildman–Crippen LogP) is 6.99. The van der Waals surface area contributed by atoms with Crippen LogP contribution in [0.1, 0.15) is 91.6 Å². The first-order chi connectivity index (χ1) is 19.3. The van der Waals surface area contributed by atoms with Gasteiger partial charge in [-0.2, -0.15) is 0 Å². The van der Waals surface area contributed by atoms with E-state index in [0.717, 1.165) is 59.6 Å². The summed E-state index contributed by atoms with van der Waals surface area (Å²) < 4.78 is 0. The Morgan fingerprint density at radius 2 is 1.10 bits per heavy atom. The average Bonchev–Trinajstić information content (AvgIpc) is 3.82. The minimum Gasteiger partial charge on any atom is -0.341 e. The molecule has 6 heteroatoms. The van der Waals surface area contributed by atoms with Gasteiger partial charge in [-0.3, -0.25) is 0 Å². The molecule has 0 amide bonds. The lowest BCUT2D eigenvalue weighted by molar-refractivity contribution is 0.614. The molecule has 0 radical (unpaired) electrons. The van der Waals surface area contributed by atoms with Gasteiger partial charge in [0.1, 0.15) is 11.6 Å². The number of hydrogen-bond acceptors (Lipinski definition) is 4. The number of nitrogens with zero attached hydrogens (tertiary/aromatic N) is 2. The van der Waals surface area contributed by atoms with E-state index >= 15 is 0 Å². The summed E-state index contributed by atoms with van der Waals surface area (Å²) in [6.07, 6.45) is 8.69. The summed E-state index contributed by atoms with van der Waals surface area (Å²) in [7, 11) is 0. The van der Waals surface area contributed by atoms with Crippen molar-refractivity contribution < 1.29 is 0 Å². The highest BCUT2D eigenvalue weighted by Gasteiger charge is 2.40. The molecule has 39 heavy (non-hydrogen) atoms. The van der Waals surface area contributed by atoms with Gasteiger partial charge in [0.25, 0.3) is 0 Å². The van der Waals surface area contributed by atoms with Gasteiger partial charge in [0.05, 0.1) is 34.2 Å². The van der Waals surface area contributed by atoms with E-state index in [-0.39, 0.29) is 0 Å². The van der Waals surface area contributed by atoms with E-state index < -0.39 is 0 Å². The Morgan fingerprint density at radius 1 is 0.590 bits per heavy atom. The molecule has 2 aromatic heterocycles. The SMILES string of the molecule is c1cc2nc(C3CCCN3)[nH]c2cc1-c1ccc(-c2ccc3nc(C4CCCN4)[nH]c3c2)c2c1C1CCC2C1. The van der Waals surface area contributed by atoms with Crippen molar-refractivity contribution >= 4 is 22.1 Å². The zero-order valence-corrected chi connectivity index (χ0v) is 22.2. The fraction of sp³-hybridized carbons (Fsp3) is 0.394. The van der Waals surface area contributed by atoms with Crippen LogP contribution < -0.4 is 10.6 Å². The summed E-state index contributed by atoms with van der Waals surface area (Å²) in [5.74, 6) is 3.51. The maximum absolute atomic E-state index is 4.92. The Kier molecular flexibility index (Phi) is 4.88. The third kappa shape index (κ3) is 3.47. The molecule has 4 N–H and O–H groups in total. The molecule has 2 bridgehead atoms. The molecular weight excluding hydrogens is 480 g/mol. The summed E-state index contributed by atoms with van der Waals surface area (Å²) >= 11 is 0. The van der Waals surface area contributed by atoms with Crippen molar-refractivity contribution in [3.63, 3.8) is 0 Å². The monoisotopic (exact) mass is 514 g/mol. The lowest BCUT2D eigenvalue weighted by Gasteiger charge is -2.23. The van der Waals surface area contributed by atoms with Crippen LogP contribution in [0.2, 0.25) is 0 Å². The van der Waals surface area contributed by atoms with Crippen molar-refractivity contribution in [3.8, 4) is 22.3 Å². The number of nitrogens with one attached hydrogen (secondary N) is 4. The second kappa shape index (κ2) is 8.51. The van der Waals surface area contributed by atoms with Gasteiger partial charge >= 0.3 is 0 Å². The zero-order valence-electron chi connectivity index (χ0n) is 22.2. The van der Waals surface area contributed by atoms with Gasteiger partial charge in [0.15, 0.2) is 0 Å². The van der Waals surface area contributed by atoms with E-state index in [1.165, 1.54) is 54.4 Å². The van der Waals surface area contributed by atoms with E-state index in [0.29, 0.717) is 23.9 Å². The second-order valence-electron chi connectivity index (χ2n) is 12.2. The molecule has 4 unspecified atom stereocenters. The van der Waals surface area contributed by atoms with Crippen LogP contribution in [0.5, 0.6) is 0 Å². The lowest BCUT2D eigenvalue weighted by Crippen LogP contribution is -2.13. The normalized spacial score (nSPS) is 25.8. The van der Waals surface area contributed by atoms with Crippen LogP contribution in [-0.4, -0.2) is 33.0 Å². The minimum atomic E-state index is 0.359. The topological polar surface area (TPSA) is 81.4 Å². The Morgan fingerprint density at radius 3 is 1.56 bits per heavy atom. The van der Waals surface area contributed by atoms with E-state index in [4.69, 9.17) is 9.97 Å². The maximum Gasteiger partial charge on any atom is 0.124 e. The number of rotatable bonds is 4. The summed E-state index contributed by atoms with van der Waals surface area (Å²) in [6.45, 7) is 2.17. The van der Waals surface area contributed by atoms with Gasteiger partial charge in [-0.1, -0.05) is 24.3 Å². The van der Waals surface area contributed by atoms with Gasteiger partial charge in [-0.25, -0.2) is 9.97 Å². The maximum atomic E-state index is 4.92. The molecule has 2 saturated heterocycles. The van der Waals surface area contributed by atoms with Crippen LogP contribution >= 0.6 is 0 Å². The molecule has 2 aliphatic heterocycles. The third-order valence-electron chi connectivity index (χ3n) is 9.94. The first kappa shape index (κ1) is 22.3. The minimum absolute atomic E-state index is 0.359. The number of imidazole rings is 2. The number of hydrogen-bond donors (Lipinski definition) is 4. The number of benzene rings is 3. The molecule has 5 aromatic rings. The first-order valence-electron chi connectivity index (χ1n) is 14.9. The molecule has 0 spiro atoms. The van der Waals surface area contributed by atoms with E-state index in [1.807, 2.05) is 0 Å². The van der Waals surface area contributed by atoms with Crippen LogP contribution in [0.15, 0.2) is 48.5 Å². The van der Waals surface area contributed by atoms with Gasteiger partial charge in [-0.05, 0) is 128 Å². The highest BCUT2D eigenvalue weighted by atomic mass is 15.0. The fourth-order valence-corrected chi connectivity index (χ4v) is 8.09. The van der Waals surface area contributed by atoms with Crippen molar-refractivity contribution in [2.45, 2.75) is 68.9 Å². The summed E-state index contributed by atoms with van der Waals surface area (Å²) in [5.41, 5.74) is 13.1. The van der Waals surface area contributed by atoms with Crippen molar-refractivity contribution in [2.24, 2.45) is 0 Å². The van der Waals surface area contributed by atoms with Crippen molar-refractivity contribution in [3.05, 3.63) is 71.3 Å². The molecule has 4 atom stereocenters. The largest absolute Gasteiger partial charge is 0.341 e. The van der Waals surface area contributed by atoms with Crippen LogP contribution in [0, 0.1) is 0 Å². The van der Waals surface area contributed by atoms with Gasteiger partial charge in [0, 0.05) is 0 Å². The van der Waals surface area contributed by atoms with E-state index in [1.54, 1.807) is 11.1 Å². The number of H-pyrrole nitrogens is 2. The first-order valence-corrected chi connectivity index (χ1v) is 14.9. The highest BCUT2D eigenvalue weighted by Crippen LogP contribution is 2.58. The number of fused-ring (bicyclic) bond motifs is 7. The fourth-order valence-electron chi connectivity index (χ4n) is 8.09. The van der Waals surface area contributed by atoms with Crippen LogP contribution in [0.4, 0.5) is 0 Å². The molecule has 4 heterocycles. The average molecular weight is 515 g/mol. The molecule has 3 aromatic carbocycles. The van der Waals surface area contributed by atoms with E-state index in [9.17, 15) is 0 Å². The zero-order chi connectivity index (χ0) is 25.5. The van der Waals surface area contributed by atoms with Gasteiger partial charge < -0.3 is 20.6 Å². The molecular formula is C33H34N6. The Hall–Kier alpha value is -3.48. The second-order valence-corrected chi connectivity index (χ2v) is 12.2. The molecule has 2 aliphatic carbocycles. The molecule has 9 rings (SSSR count). The van der Waals surface area contributed by atoms with Crippen molar-refractivity contribution in [2.75, 3.05) is 13.1 Å². The van der Waals surface area contributed by atoms with E-state index in [2.05, 4.69) is 69.1 Å². The third-order valence-corrected chi connectivity index (χ3v) is 9.94. The molecule has 4 aliphatic rings.